The van der Waals surface area contributed by atoms with E-state index < -0.39 is 10.0 Å². The van der Waals surface area contributed by atoms with E-state index in [1.165, 1.54) is 19.1 Å². The van der Waals surface area contributed by atoms with E-state index in [4.69, 9.17) is 10.9 Å². The monoisotopic (exact) mass is 203 g/mol. The van der Waals surface area contributed by atoms with Crippen LogP contribution in [0.25, 0.3) is 0 Å². The van der Waals surface area contributed by atoms with Gasteiger partial charge in [0, 0.05) is 19.0 Å². The molecule has 0 spiro atoms. The third kappa shape index (κ3) is 3.56. The molecular weight excluding hydrogens is 190 g/mol. The average molecular weight is 203 g/mol. The van der Waals surface area contributed by atoms with E-state index in [1.54, 1.807) is 0 Å². The van der Waals surface area contributed by atoms with Gasteiger partial charge in [-0.15, -0.1) is 0 Å². The zero-order valence-electron chi connectivity index (χ0n) is 7.18. The molecule has 0 radical (unpaired) electrons. The van der Waals surface area contributed by atoms with Gasteiger partial charge < -0.3 is 5.73 Å². The van der Waals surface area contributed by atoms with Crippen molar-refractivity contribution < 1.29 is 8.42 Å². The fourth-order valence-corrected chi connectivity index (χ4v) is 1.21. The molecule has 0 saturated heterocycles. The third-order valence-corrected chi connectivity index (χ3v) is 2.67. The average Bonchev–Trinajstić information content (AvgIpc) is 2.78. The van der Waals surface area contributed by atoms with Crippen molar-refractivity contribution in [3.63, 3.8) is 0 Å². The first-order valence-electron chi connectivity index (χ1n) is 3.98. The second kappa shape index (κ2) is 3.89. The van der Waals surface area contributed by atoms with Crippen molar-refractivity contribution >= 4 is 16.2 Å². The van der Waals surface area contributed by atoms with Crippen LogP contribution in [0.2, 0.25) is 0 Å². The molecule has 0 unspecified atom stereocenters. The Balaban J connectivity index is 2.53. The van der Waals surface area contributed by atoms with E-state index in [-0.39, 0.29) is 4.91 Å². The predicted molar refractivity (Wildman–Crippen MR) is 51.5 cm³/mol. The number of nitrogens with two attached hydrogens (primary N) is 2. The largest absolute Gasteiger partial charge is 0.403 e. The van der Waals surface area contributed by atoms with Gasteiger partial charge in [-0.25, -0.2) is 13.6 Å². The number of nitrogens with zero attached hydrogens (tertiary/aromatic N) is 1. The minimum Gasteiger partial charge on any atom is -0.403 e. The summed E-state index contributed by atoms with van der Waals surface area (Å²) in [4.78, 5) is 3.81. The smallest absolute Gasteiger partial charge is 0.240 e. The molecule has 6 heteroatoms. The summed E-state index contributed by atoms with van der Waals surface area (Å²) in [6, 6.07) is 0. The molecule has 0 aliphatic heterocycles. The molecule has 13 heavy (non-hydrogen) atoms. The quantitative estimate of drug-likeness (QED) is 0.606. The molecule has 1 fully saturated rings. The molecule has 1 aliphatic rings. The highest BCUT2D eigenvalue weighted by Crippen LogP contribution is 2.28. The van der Waals surface area contributed by atoms with Crippen molar-refractivity contribution in [1.29, 1.82) is 0 Å². The zero-order valence-corrected chi connectivity index (χ0v) is 8.00. The Morgan fingerprint density at radius 1 is 1.54 bits per heavy atom. The molecule has 0 atom stereocenters. The van der Waals surface area contributed by atoms with Gasteiger partial charge in [-0.3, -0.25) is 4.99 Å². The Morgan fingerprint density at radius 2 is 2.15 bits per heavy atom. The second-order valence-electron chi connectivity index (χ2n) is 3.05. The molecule has 0 aromatic carbocycles. The minimum atomic E-state index is -3.71. The molecular formula is C7H13N3O2S. The SMILES string of the molecule is N/C=C(\C=NCC1CC1)S(N)(=O)=O. The van der Waals surface area contributed by atoms with Gasteiger partial charge >= 0.3 is 0 Å². The van der Waals surface area contributed by atoms with Crippen molar-refractivity contribution in [2.24, 2.45) is 21.8 Å². The number of aliphatic imine (C=N–C) groups is 1. The second-order valence-corrected chi connectivity index (χ2v) is 4.61. The van der Waals surface area contributed by atoms with E-state index in [9.17, 15) is 8.42 Å². The van der Waals surface area contributed by atoms with Gasteiger partial charge in [-0.1, -0.05) is 0 Å². The normalized spacial score (nSPS) is 19.6. The number of allylic oxidation sites excluding steroid dienone is 1. The Morgan fingerprint density at radius 3 is 2.54 bits per heavy atom. The first-order valence-corrected chi connectivity index (χ1v) is 5.53. The summed E-state index contributed by atoms with van der Waals surface area (Å²) in [5, 5.41) is 4.86. The first kappa shape index (κ1) is 10.2. The van der Waals surface area contributed by atoms with Crippen LogP contribution in [0.1, 0.15) is 12.8 Å². The highest BCUT2D eigenvalue weighted by Gasteiger charge is 2.20. The van der Waals surface area contributed by atoms with Crippen molar-refractivity contribution in [3.05, 3.63) is 11.1 Å². The molecule has 74 valence electrons. The maximum atomic E-state index is 10.8. The molecule has 1 saturated carbocycles. The lowest BCUT2D eigenvalue weighted by Crippen LogP contribution is -2.16. The fourth-order valence-electron chi connectivity index (χ4n) is 0.804. The van der Waals surface area contributed by atoms with Crippen LogP contribution in [0, 0.1) is 5.92 Å². The summed E-state index contributed by atoms with van der Waals surface area (Å²) >= 11 is 0. The van der Waals surface area contributed by atoms with Crippen LogP contribution in [0.5, 0.6) is 0 Å². The maximum Gasteiger partial charge on any atom is 0.240 e. The van der Waals surface area contributed by atoms with Gasteiger partial charge in [-0.2, -0.15) is 0 Å². The van der Waals surface area contributed by atoms with Crippen LogP contribution in [-0.2, 0) is 10.0 Å². The predicted octanol–water partition coefficient (Wildman–Crippen LogP) is -0.444. The maximum absolute atomic E-state index is 10.8. The summed E-state index contributed by atoms with van der Waals surface area (Å²) in [6.45, 7) is 0.660. The molecule has 1 aliphatic carbocycles. The first-order chi connectivity index (χ1) is 6.04. The highest BCUT2D eigenvalue weighted by molar-refractivity contribution is 7.93. The van der Waals surface area contributed by atoms with Crippen LogP contribution in [-0.4, -0.2) is 21.2 Å². The molecule has 5 nitrogen and oxygen atoms in total. The fraction of sp³-hybridized carbons (Fsp3) is 0.571. The summed E-state index contributed by atoms with van der Waals surface area (Å²) in [6.07, 6.45) is 4.52. The topological polar surface area (TPSA) is 98.5 Å². The number of primary sulfonamides is 1. The highest BCUT2D eigenvalue weighted by atomic mass is 32.2. The van der Waals surface area contributed by atoms with Gasteiger partial charge in [0.25, 0.3) is 0 Å². The zero-order chi connectivity index (χ0) is 9.90. The standard InChI is InChI=1S/C7H13N3O2S/c8-3-7(13(9,11)12)5-10-4-6-1-2-6/h3,5-6H,1-2,4,8H2,(H2,9,11,12)/b7-3+,10-5?. The van der Waals surface area contributed by atoms with Crippen LogP contribution < -0.4 is 10.9 Å². The van der Waals surface area contributed by atoms with E-state index in [0.717, 1.165) is 6.20 Å². The van der Waals surface area contributed by atoms with Gasteiger partial charge in [-0.05, 0) is 18.8 Å². The molecule has 0 bridgehead atoms. The van der Waals surface area contributed by atoms with E-state index in [2.05, 4.69) is 4.99 Å². The number of hydrogen-bond acceptors (Lipinski definition) is 4. The van der Waals surface area contributed by atoms with Crippen LogP contribution >= 0.6 is 0 Å². The molecule has 0 aromatic rings. The summed E-state index contributed by atoms with van der Waals surface area (Å²) in [5.74, 6) is 0.621. The van der Waals surface area contributed by atoms with Gasteiger partial charge in [0.15, 0.2) is 0 Å². The lowest BCUT2D eigenvalue weighted by Gasteiger charge is -1.95. The minimum absolute atomic E-state index is 0.131. The van der Waals surface area contributed by atoms with E-state index in [1.807, 2.05) is 0 Å². The van der Waals surface area contributed by atoms with Gasteiger partial charge in [0.2, 0.25) is 10.0 Å². The van der Waals surface area contributed by atoms with Crippen molar-refractivity contribution in [2.45, 2.75) is 12.8 Å². The van der Waals surface area contributed by atoms with E-state index >= 15 is 0 Å². The van der Waals surface area contributed by atoms with Crippen LogP contribution in [0.4, 0.5) is 0 Å². The third-order valence-electron chi connectivity index (χ3n) is 1.77. The molecule has 1 rings (SSSR count). The van der Waals surface area contributed by atoms with E-state index in [0.29, 0.717) is 12.5 Å². The van der Waals surface area contributed by atoms with Crippen molar-refractivity contribution in [3.8, 4) is 0 Å². The molecule has 0 amide bonds. The molecule has 4 N–H and O–H groups in total. The Labute approximate surface area is 77.6 Å². The number of sulfonamides is 1. The number of hydrogen-bond donors (Lipinski definition) is 2. The lowest BCUT2D eigenvalue weighted by molar-refractivity contribution is 0.605. The molecule has 0 heterocycles. The Kier molecular flexibility index (Phi) is 3.05. The van der Waals surface area contributed by atoms with Crippen LogP contribution in [0.3, 0.4) is 0 Å². The van der Waals surface area contributed by atoms with Crippen molar-refractivity contribution in [2.75, 3.05) is 6.54 Å². The number of rotatable bonds is 4. The van der Waals surface area contributed by atoms with Gasteiger partial charge in [0.05, 0.1) is 0 Å². The lowest BCUT2D eigenvalue weighted by atomic mass is 10.4. The van der Waals surface area contributed by atoms with Crippen LogP contribution in [0.15, 0.2) is 16.1 Å². The Hall–Kier alpha value is -0.880. The summed E-state index contributed by atoms with van der Waals surface area (Å²) < 4.78 is 21.6. The Bertz CT molecular complexity index is 328. The molecule has 0 aromatic heterocycles. The van der Waals surface area contributed by atoms with Gasteiger partial charge in [0.1, 0.15) is 4.91 Å². The summed E-state index contributed by atoms with van der Waals surface area (Å²) in [5.41, 5.74) is 5.08. The summed E-state index contributed by atoms with van der Waals surface area (Å²) in [7, 11) is -3.71. The van der Waals surface area contributed by atoms with Crippen molar-refractivity contribution in [1.82, 2.24) is 0 Å².